The molecular formula is C19H19ClN4O4. The second-order valence-electron chi connectivity index (χ2n) is 5.92. The fourth-order valence-corrected chi connectivity index (χ4v) is 3.21. The van der Waals surface area contributed by atoms with Crippen LogP contribution in [-0.4, -0.2) is 40.4 Å². The smallest absolute Gasteiger partial charge is 0.438 e. The predicted octanol–water partition coefficient (Wildman–Crippen LogP) is 3.12. The maximum atomic E-state index is 12.2. The van der Waals surface area contributed by atoms with Crippen LogP contribution in [0.1, 0.15) is 16.8 Å². The van der Waals surface area contributed by atoms with Gasteiger partial charge in [0.25, 0.3) is 0 Å². The Balaban J connectivity index is 2.32. The standard InChI is InChI=1S/C19H19ClN4O4/c1-13-12-23(22-21-13)19(26,14-8-4-6-10-16(14)20)15-9-5-7-11-17(15)24(28-3)18(25)27-2/h4-12,26H,1-3H3. The number of halogens is 1. The van der Waals surface area contributed by atoms with Gasteiger partial charge in [0.05, 0.1) is 31.8 Å². The number of carbonyl (C=O) groups excluding carboxylic acids is 1. The lowest BCUT2D eigenvalue weighted by Crippen LogP contribution is -2.40. The van der Waals surface area contributed by atoms with Crippen molar-refractivity contribution in [3.05, 3.63) is 76.6 Å². The van der Waals surface area contributed by atoms with Crippen LogP contribution in [0.2, 0.25) is 5.02 Å². The van der Waals surface area contributed by atoms with Gasteiger partial charge < -0.3 is 9.84 Å². The highest BCUT2D eigenvalue weighted by Crippen LogP contribution is 2.40. The number of amides is 1. The number of aliphatic hydroxyl groups is 1. The summed E-state index contributed by atoms with van der Waals surface area (Å²) >= 11 is 6.41. The number of hydrogen-bond acceptors (Lipinski definition) is 6. The molecule has 1 amide bonds. The summed E-state index contributed by atoms with van der Waals surface area (Å²) in [7, 11) is 2.56. The fraction of sp³-hybridized carbons (Fsp3) is 0.211. The topological polar surface area (TPSA) is 89.7 Å². The second-order valence-corrected chi connectivity index (χ2v) is 6.33. The first-order chi connectivity index (χ1) is 13.4. The molecule has 1 aromatic heterocycles. The van der Waals surface area contributed by atoms with E-state index in [2.05, 4.69) is 10.3 Å². The molecule has 3 rings (SSSR count). The third kappa shape index (κ3) is 3.33. The molecule has 0 saturated carbocycles. The van der Waals surface area contributed by atoms with Crippen LogP contribution in [0.5, 0.6) is 0 Å². The predicted molar refractivity (Wildman–Crippen MR) is 103 cm³/mol. The first-order valence-corrected chi connectivity index (χ1v) is 8.69. The van der Waals surface area contributed by atoms with Crippen molar-refractivity contribution in [2.24, 2.45) is 0 Å². The Morgan fingerprint density at radius 1 is 1.14 bits per heavy atom. The van der Waals surface area contributed by atoms with Gasteiger partial charge in [0, 0.05) is 16.1 Å². The average molecular weight is 403 g/mol. The van der Waals surface area contributed by atoms with Crippen LogP contribution in [-0.2, 0) is 15.3 Å². The number of hydrogen-bond donors (Lipinski definition) is 1. The Bertz CT molecular complexity index is 993. The van der Waals surface area contributed by atoms with E-state index in [9.17, 15) is 9.90 Å². The van der Waals surface area contributed by atoms with Gasteiger partial charge in [0.1, 0.15) is 0 Å². The first kappa shape index (κ1) is 19.8. The Morgan fingerprint density at radius 3 is 2.36 bits per heavy atom. The van der Waals surface area contributed by atoms with Gasteiger partial charge in [-0.2, -0.15) is 5.06 Å². The zero-order valence-corrected chi connectivity index (χ0v) is 16.3. The van der Waals surface area contributed by atoms with Gasteiger partial charge in [-0.1, -0.05) is 53.2 Å². The minimum absolute atomic E-state index is 0.257. The third-order valence-electron chi connectivity index (χ3n) is 4.21. The van der Waals surface area contributed by atoms with Gasteiger partial charge in [-0.25, -0.2) is 9.48 Å². The molecule has 0 aliphatic heterocycles. The highest BCUT2D eigenvalue weighted by Gasteiger charge is 2.40. The van der Waals surface area contributed by atoms with E-state index >= 15 is 0 Å². The number of rotatable bonds is 5. The van der Waals surface area contributed by atoms with Gasteiger partial charge in [-0.05, 0) is 19.1 Å². The number of methoxy groups -OCH3 is 1. The van der Waals surface area contributed by atoms with E-state index in [1.807, 2.05) is 0 Å². The van der Waals surface area contributed by atoms with Crippen molar-refractivity contribution >= 4 is 23.4 Å². The van der Waals surface area contributed by atoms with E-state index in [0.717, 1.165) is 5.06 Å². The molecule has 28 heavy (non-hydrogen) atoms. The summed E-state index contributed by atoms with van der Waals surface area (Å²) in [5, 5.41) is 21.2. The second kappa shape index (κ2) is 7.97. The molecule has 8 nitrogen and oxygen atoms in total. The van der Waals surface area contributed by atoms with Crippen molar-refractivity contribution in [1.82, 2.24) is 15.0 Å². The molecule has 2 aromatic carbocycles. The van der Waals surface area contributed by atoms with Crippen LogP contribution in [0.25, 0.3) is 0 Å². The largest absolute Gasteiger partial charge is 0.451 e. The van der Waals surface area contributed by atoms with Crippen molar-refractivity contribution in [2.45, 2.75) is 12.6 Å². The van der Waals surface area contributed by atoms with E-state index < -0.39 is 11.8 Å². The number of para-hydroxylation sites is 1. The maximum absolute atomic E-state index is 12.2. The molecule has 1 unspecified atom stereocenters. The van der Waals surface area contributed by atoms with E-state index in [1.54, 1.807) is 61.7 Å². The highest BCUT2D eigenvalue weighted by molar-refractivity contribution is 6.31. The molecule has 0 fully saturated rings. The summed E-state index contributed by atoms with van der Waals surface area (Å²) in [6.07, 6.45) is 0.821. The van der Waals surface area contributed by atoms with Crippen LogP contribution >= 0.6 is 11.6 Å². The minimum Gasteiger partial charge on any atom is -0.451 e. The lowest BCUT2D eigenvalue weighted by Gasteiger charge is -2.33. The number of hydroxylamine groups is 1. The number of carbonyl (C=O) groups is 1. The van der Waals surface area contributed by atoms with Gasteiger partial charge >= 0.3 is 6.09 Å². The van der Waals surface area contributed by atoms with E-state index in [1.165, 1.54) is 18.9 Å². The van der Waals surface area contributed by atoms with Gasteiger partial charge in [-0.3, -0.25) is 4.84 Å². The summed E-state index contributed by atoms with van der Waals surface area (Å²) < 4.78 is 6.07. The van der Waals surface area contributed by atoms with Crippen LogP contribution in [0.4, 0.5) is 10.5 Å². The molecule has 0 aliphatic rings. The first-order valence-electron chi connectivity index (χ1n) is 8.32. The van der Waals surface area contributed by atoms with Gasteiger partial charge in [0.15, 0.2) is 0 Å². The quantitative estimate of drug-likeness (QED) is 0.659. The fourth-order valence-electron chi connectivity index (χ4n) is 2.94. The molecule has 0 radical (unpaired) electrons. The zero-order valence-electron chi connectivity index (χ0n) is 15.5. The molecule has 3 aromatic rings. The molecule has 0 spiro atoms. The lowest BCUT2D eigenvalue weighted by atomic mass is 9.92. The van der Waals surface area contributed by atoms with Crippen LogP contribution in [0, 0.1) is 6.92 Å². The minimum atomic E-state index is -1.87. The maximum Gasteiger partial charge on any atom is 0.438 e. The SMILES string of the molecule is COC(=O)N(OC)c1ccccc1C(O)(c1ccccc1Cl)n1cc(C)nn1. The summed E-state index contributed by atoms with van der Waals surface area (Å²) in [6.45, 7) is 1.75. The average Bonchev–Trinajstić information content (AvgIpc) is 3.15. The van der Waals surface area contributed by atoms with E-state index in [4.69, 9.17) is 21.2 Å². The molecule has 1 N–H and O–H groups in total. The van der Waals surface area contributed by atoms with Crippen molar-refractivity contribution in [2.75, 3.05) is 19.3 Å². The summed E-state index contributed by atoms with van der Waals surface area (Å²) in [5.74, 6) is 0. The number of ether oxygens (including phenoxy) is 1. The normalized spacial score (nSPS) is 13.0. The molecular weight excluding hydrogens is 384 g/mol. The zero-order chi connectivity index (χ0) is 20.3. The summed E-state index contributed by atoms with van der Waals surface area (Å²) in [6, 6.07) is 13.5. The molecule has 0 bridgehead atoms. The molecule has 1 heterocycles. The van der Waals surface area contributed by atoms with Crippen molar-refractivity contribution in [1.29, 1.82) is 0 Å². The number of aryl methyl sites for hydroxylation is 1. The number of aromatic nitrogens is 3. The summed E-state index contributed by atoms with van der Waals surface area (Å²) in [4.78, 5) is 17.4. The van der Waals surface area contributed by atoms with Crippen molar-refractivity contribution < 1.29 is 19.5 Å². The summed E-state index contributed by atoms with van der Waals surface area (Å²) in [5.41, 5.74) is -0.372. The van der Waals surface area contributed by atoms with E-state index in [0.29, 0.717) is 21.8 Å². The molecule has 146 valence electrons. The Kier molecular flexibility index (Phi) is 5.64. The number of anilines is 1. The number of nitrogens with zero attached hydrogens (tertiary/aromatic N) is 4. The van der Waals surface area contributed by atoms with Crippen LogP contribution in [0.15, 0.2) is 54.7 Å². The highest BCUT2D eigenvalue weighted by atomic mass is 35.5. The van der Waals surface area contributed by atoms with Gasteiger partial charge in [-0.15, -0.1) is 5.10 Å². The third-order valence-corrected chi connectivity index (χ3v) is 4.54. The molecule has 0 aliphatic carbocycles. The van der Waals surface area contributed by atoms with E-state index in [-0.39, 0.29) is 5.69 Å². The van der Waals surface area contributed by atoms with Crippen LogP contribution in [0.3, 0.4) is 0 Å². The van der Waals surface area contributed by atoms with Crippen molar-refractivity contribution in [3.8, 4) is 0 Å². The van der Waals surface area contributed by atoms with Gasteiger partial charge in [0.2, 0.25) is 5.72 Å². The van der Waals surface area contributed by atoms with Crippen molar-refractivity contribution in [3.63, 3.8) is 0 Å². The molecule has 9 heteroatoms. The lowest BCUT2D eigenvalue weighted by molar-refractivity contribution is 0.0329. The van der Waals surface area contributed by atoms with Crippen LogP contribution < -0.4 is 5.06 Å². The Labute approximate surface area is 166 Å². The Morgan fingerprint density at radius 2 is 1.79 bits per heavy atom. The Hall–Kier alpha value is -2.94. The molecule has 1 atom stereocenters. The molecule has 0 saturated heterocycles. The monoisotopic (exact) mass is 402 g/mol. The number of benzene rings is 2.